The molecule has 0 aromatic heterocycles. The van der Waals surface area contributed by atoms with Crippen molar-refractivity contribution in [2.75, 3.05) is 91.9 Å². The van der Waals surface area contributed by atoms with Crippen LogP contribution in [-0.2, 0) is 28.5 Å². The fourth-order valence-electron chi connectivity index (χ4n) is 5.18. The van der Waals surface area contributed by atoms with Crippen LogP contribution >= 0.6 is 0 Å². The van der Waals surface area contributed by atoms with Crippen LogP contribution in [0, 0.1) is 0 Å². The fourth-order valence-corrected chi connectivity index (χ4v) is 5.18. The lowest BCUT2D eigenvalue weighted by Gasteiger charge is -2.36. The van der Waals surface area contributed by atoms with Gasteiger partial charge in [-0.15, -0.1) is 0 Å². The molecule has 5 rings (SSSR count). The Morgan fingerprint density at radius 2 is 0.967 bits per heavy atom. The number of carbonyl (C=O) groups is 2. The zero-order valence-corrected chi connectivity index (χ0v) is 17.6. The van der Waals surface area contributed by atoms with Crippen molar-refractivity contribution >= 4 is 11.8 Å². The van der Waals surface area contributed by atoms with Crippen molar-refractivity contribution in [3.63, 3.8) is 0 Å². The van der Waals surface area contributed by atoms with Crippen molar-refractivity contribution in [3.8, 4) is 0 Å². The van der Waals surface area contributed by atoms with Gasteiger partial charge in [-0.1, -0.05) is 0 Å². The summed E-state index contributed by atoms with van der Waals surface area (Å²) in [4.78, 5) is 33.4. The molecule has 0 radical (unpaired) electrons. The van der Waals surface area contributed by atoms with Crippen LogP contribution in [0.3, 0.4) is 0 Å². The second kappa shape index (κ2) is 8.33. The SMILES string of the molecule is O=C(CN1CCC2(C1)OCCO2)N1CCN(C(=O)CN2CCC3(C2)OCCO3)CC1. The quantitative estimate of drug-likeness (QED) is 0.542. The van der Waals surface area contributed by atoms with Crippen molar-refractivity contribution in [1.29, 1.82) is 0 Å². The van der Waals surface area contributed by atoms with Gasteiger partial charge in [-0.2, -0.15) is 0 Å². The summed E-state index contributed by atoms with van der Waals surface area (Å²) >= 11 is 0. The number of hydrogen-bond acceptors (Lipinski definition) is 8. The Kier molecular flexibility index (Phi) is 5.72. The summed E-state index contributed by atoms with van der Waals surface area (Å²) in [6, 6.07) is 0. The molecule has 168 valence electrons. The summed E-state index contributed by atoms with van der Waals surface area (Å²) in [5.41, 5.74) is 0. The molecule has 5 aliphatic rings. The van der Waals surface area contributed by atoms with Gasteiger partial charge in [0.05, 0.1) is 52.6 Å². The first-order valence-electron chi connectivity index (χ1n) is 11.1. The van der Waals surface area contributed by atoms with E-state index in [9.17, 15) is 9.59 Å². The molecule has 0 bridgehead atoms. The van der Waals surface area contributed by atoms with Crippen LogP contribution in [-0.4, -0.2) is 135 Å². The van der Waals surface area contributed by atoms with Gasteiger partial charge in [0, 0.05) is 52.1 Å². The first-order valence-corrected chi connectivity index (χ1v) is 11.1. The number of likely N-dealkylation sites (tertiary alicyclic amines) is 2. The molecule has 0 aliphatic carbocycles. The van der Waals surface area contributed by atoms with E-state index in [-0.39, 0.29) is 11.8 Å². The van der Waals surface area contributed by atoms with E-state index in [0.29, 0.717) is 78.8 Å². The maximum atomic E-state index is 12.7. The maximum Gasteiger partial charge on any atom is 0.236 e. The van der Waals surface area contributed by atoms with Crippen molar-refractivity contribution < 1.29 is 28.5 Å². The van der Waals surface area contributed by atoms with Gasteiger partial charge in [-0.25, -0.2) is 0 Å². The highest BCUT2D eigenvalue weighted by molar-refractivity contribution is 5.80. The molecule has 2 amide bonds. The van der Waals surface area contributed by atoms with Crippen molar-refractivity contribution in [2.24, 2.45) is 0 Å². The molecule has 30 heavy (non-hydrogen) atoms. The highest BCUT2D eigenvalue weighted by atomic mass is 16.7. The summed E-state index contributed by atoms with van der Waals surface area (Å²) in [5.74, 6) is -0.745. The van der Waals surface area contributed by atoms with Gasteiger partial charge < -0.3 is 28.7 Å². The first-order chi connectivity index (χ1) is 14.5. The molecule has 0 saturated carbocycles. The molecular formula is C20H32N4O6. The maximum absolute atomic E-state index is 12.7. The molecule has 5 heterocycles. The van der Waals surface area contributed by atoms with Gasteiger partial charge in [0.25, 0.3) is 0 Å². The molecule has 10 nitrogen and oxygen atoms in total. The Bertz CT molecular complexity index is 600. The lowest BCUT2D eigenvalue weighted by molar-refractivity contribution is -0.150. The molecule has 0 aromatic rings. The van der Waals surface area contributed by atoms with Crippen LogP contribution in [0.5, 0.6) is 0 Å². The van der Waals surface area contributed by atoms with Gasteiger partial charge in [-0.05, 0) is 0 Å². The molecular weight excluding hydrogens is 392 g/mol. The van der Waals surface area contributed by atoms with Gasteiger partial charge in [0.2, 0.25) is 11.8 Å². The third kappa shape index (κ3) is 4.21. The lowest BCUT2D eigenvalue weighted by Crippen LogP contribution is -2.54. The number of carbonyl (C=O) groups excluding carboxylic acids is 2. The van der Waals surface area contributed by atoms with Crippen molar-refractivity contribution in [1.82, 2.24) is 19.6 Å². The second-order valence-corrected chi connectivity index (χ2v) is 8.90. The zero-order valence-electron chi connectivity index (χ0n) is 17.6. The van der Waals surface area contributed by atoms with E-state index in [1.54, 1.807) is 0 Å². The van der Waals surface area contributed by atoms with Crippen LogP contribution in [0.25, 0.3) is 0 Å². The van der Waals surface area contributed by atoms with E-state index in [0.717, 1.165) is 25.9 Å². The Hall–Kier alpha value is -1.30. The summed E-state index contributed by atoms with van der Waals surface area (Å²) in [6.07, 6.45) is 1.63. The monoisotopic (exact) mass is 424 g/mol. The predicted molar refractivity (Wildman–Crippen MR) is 105 cm³/mol. The third-order valence-corrected chi connectivity index (χ3v) is 6.88. The molecule has 5 fully saturated rings. The highest BCUT2D eigenvalue weighted by Crippen LogP contribution is 2.31. The highest BCUT2D eigenvalue weighted by Gasteiger charge is 2.45. The van der Waals surface area contributed by atoms with E-state index in [4.69, 9.17) is 18.9 Å². The standard InChI is InChI=1S/C20H32N4O6/c25-17(13-21-3-1-19(15-21)27-9-10-28-19)23-5-7-24(8-6-23)18(26)14-22-4-2-20(16-22)29-11-12-30-20/h1-16H2. The van der Waals surface area contributed by atoms with Gasteiger partial charge >= 0.3 is 0 Å². The van der Waals surface area contributed by atoms with E-state index in [2.05, 4.69) is 9.80 Å². The number of amides is 2. The number of nitrogens with zero attached hydrogens (tertiary/aromatic N) is 4. The molecule has 5 aliphatic heterocycles. The molecule has 5 saturated heterocycles. The average molecular weight is 424 g/mol. The first kappa shape index (κ1) is 20.6. The smallest absolute Gasteiger partial charge is 0.236 e. The number of rotatable bonds is 4. The number of ether oxygens (including phenoxy) is 4. The van der Waals surface area contributed by atoms with E-state index in [1.807, 2.05) is 9.80 Å². The van der Waals surface area contributed by atoms with Gasteiger partial charge in [-0.3, -0.25) is 19.4 Å². The third-order valence-electron chi connectivity index (χ3n) is 6.88. The summed E-state index contributed by atoms with van der Waals surface area (Å²) in [7, 11) is 0. The molecule has 0 aromatic carbocycles. The van der Waals surface area contributed by atoms with Crippen LogP contribution < -0.4 is 0 Å². The van der Waals surface area contributed by atoms with Crippen molar-refractivity contribution in [2.45, 2.75) is 24.4 Å². The van der Waals surface area contributed by atoms with Crippen molar-refractivity contribution in [3.05, 3.63) is 0 Å². The predicted octanol–water partition coefficient (Wildman–Crippen LogP) is -1.45. The lowest BCUT2D eigenvalue weighted by atomic mass is 10.2. The van der Waals surface area contributed by atoms with E-state index in [1.165, 1.54) is 0 Å². The molecule has 0 N–H and O–H groups in total. The minimum atomic E-state index is -0.492. The largest absolute Gasteiger partial charge is 0.346 e. The average Bonchev–Trinajstić information content (AvgIpc) is 3.55. The fraction of sp³-hybridized carbons (Fsp3) is 0.900. The minimum Gasteiger partial charge on any atom is -0.346 e. The Morgan fingerprint density at radius 1 is 0.600 bits per heavy atom. The molecule has 2 spiro atoms. The van der Waals surface area contributed by atoms with E-state index < -0.39 is 11.6 Å². The molecule has 0 atom stereocenters. The zero-order chi connectivity index (χ0) is 20.6. The summed E-state index contributed by atoms with van der Waals surface area (Å²) < 4.78 is 22.9. The Balaban J connectivity index is 1.04. The van der Waals surface area contributed by atoms with Crippen LogP contribution in [0.2, 0.25) is 0 Å². The van der Waals surface area contributed by atoms with E-state index >= 15 is 0 Å². The normalized spacial score (nSPS) is 28.9. The molecule has 0 unspecified atom stereocenters. The number of hydrogen-bond donors (Lipinski definition) is 0. The molecule has 10 heteroatoms. The summed E-state index contributed by atoms with van der Waals surface area (Å²) in [5, 5.41) is 0. The van der Waals surface area contributed by atoms with Gasteiger partial charge in [0.1, 0.15) is 0 Å². The van der Waals surface area contributed by atoms with Gasteiger partial charge in [0.15, 0.2) is 11.6 Å². The minimum absolute atomic E-state index is 0.120. The van der Waals surface area contributed by atoms with Crippen LogP contribution in [0.4, 0.5) is 0 Å². The Morgan fingerprint density at radius 3 is 1.33 bits per heavy atom. The second-order valence-electron chi connectivity index (χ2n) is 8.90. The topological polar surface area (TPSA) is 84.0 Å². The summed E-state index contributed by atoms with van der Waals surface area (Å²) in [6.45, 7) is 8.61. The Labute approximate surface area is 176 Å². The van der Waals surface area contributed by atoms with Crippen LogP contribution in [0.15, 0.2) is 0 Å². The van der Waals surface area contributed by atoms with Crippen LogP contribution in [0.1, 0.15) is 12.8 Å². The number of piperazine rings is 1.